The van der Waals surface area contributed by atoms with Crippen LogP contribution in [0.2, 0.25) is 0 Å². The first-order valence-electron chi connectivity index (χ1n) is 6.65. The molecule has 1 N–H and O–H groups in total. The lowest BCUT2D eigenvalue weighted by Gasteiger charge is -2.19. The van der Waals surface area contributed by atoms with Gasteiger partial charge in [-0.1, -0.05) is 34.1 Å². The molecule has 0 unspecified atom stereocenters. The van der Waals surface area contributed by atoms with Crippen LogP contribution in [0.3, 0.4) is 0 Å². The molecule has 1 heterocycles. The monoisotopic (exact) mass is 284 g/mol. The van der Waals surface area contributed by atoms with Crippen molar-refractivity contribution in [2.24, 2.45) is 0 Å². The minimum atomic E-state index is -3.44. The molecule has 1 rings (SSSR count). The third-order valence-electron chi connectivity index (χ3n) is 2.94. The lowest BCUT2D eigenvalue weighted by atomic mass is 9.91. The second-order valence-corrected chi connectivity index (χ2v) is 7.57. The van der Waals surface area contributed by atoms with Gasteiger partial charge in [-0.15, -0.1) is 0 Å². The SMILES string of the molecule is CCCCNS(=O)(=O)c1cnc(C(C)(C)C)cc1C. The van der Waals surface area contributed by atoms with Gasteiger partial charge >= 0.3 is 0 Å². The molecule has 0 aromatic carbocycles. The van der Waals surface area contributed by atoms with Gasteiger partial charge in [0.2, 0.25) is 10.0 Å². The highest BCUT2D eigenvalue weighted by Gasteiger charge is 2.21. The molecule has 19 heavy (non-hydrogen) atoms. The maximum Gasteiger partial charge on any atom is 0.242 e. The Morgan fingerprint density at radius 1 is 1.32 bits per heavy atom. The van der Waals surface area contributed by atoms with Crippen LogP contribution >= 0.6 is 0 Å². The van der Waals surface area contributed by atoms with Crippen LogP contribution in [-0.4, -0.2) is 19.9 Å². The molecule has 0 aliphatic rings. The highest BCUT2D eigenvalue weighted by Crippen LogP contribution is 2.23. The number of unbranched alkanes of at least 4 members (excludes halogenated alkanes) is 1. The van der Waals surface area contributed by atoms with E-state index >= 15 is 0 Å². The summed E-state index contributed by atoms with van der Waals surface area (Å²) in [6.07, 6.45) is 3.26. The molecule has 4 nitrogen and oxygen atoms in total. The molecule has 0 saturated heterocycles. The molecule has 5 heteroatoms. The minimum absolute atomic E-state index is 0.0807. The van der Waals surface area contributed by atoms with Gasteiger partial charge in [0.25, 0.3) is 0 Å². The minimum Gasteiger partial charge on any atom is -0.259 e. The first-order valence-corrected chi connectivity index (χ1v) is 8.13. The summed E-state index contributed by atoms with van der Waals surface area (Å²) in [6.45, 7) is 10.5. The van der Waals surface area contributed by atoms with Crippen LogP contribution in [0.5, 0.6) is 0 Å². The lowest BCUT2D eigenvalue weighted by molar-refractivity contribution is 0.561. The van der Waals surface area contributed by atoms with Crippen LogP contribution < -0.4 is 4.72 Å². The predicted octanol–water partition coefficient (Wildman–Crippen LogP) is 2.77. The molecule has 0 atom stereocenters. The van der Waals surface area contributed by atoms with Gasteiger partial charge in [-0.25, -0.2) is 13.1 Å². The number of nitrogens with zero attached hydrogens (tertiary/aromatic N) is 1. The molecule has 0 fully saturated rings. The summed E-state index contributed by atoms with van der Waals surface area (Å²) in [5.41, 5.74) is 1.56. The van der Waals surface area contributed by atoms with Crippen molar-refractivity contribution in [2.45, 2.75) is 57.8 Å². The second kappa shape index (κ2) is 6.01. The Bertz CT molecular complexity index is 531. The fourth-order valence-corrected chi connectivity index (χ4v) is 2.94. The van der Waals surface area contributed by atoms with Gasteiger partial charge in [0, 0.05) is 23.9 Å². The van der Waals surface area contributed by atoms with Crippen molar-refractivity contribution in [1.82, 2.24) is 9.71 Å². The molecule has 0 spiro atoms. The van der Waals surface area contributed by atoms with Crippen LogP contribution in [0.25, 0.3) is 0 Å². The highest BCUT2D eigenvalue weighted by atomic mass is 32.2. The first-order chi connectivity index (χ1) is 8.68. The average Bonchev–Trinajstić information content (AvgIpc) is 2.27. The Hall–Kier alpha value is -0.940. The number of aryl methyl sites for hydroxylation is 1. The van der Waals surface area contributed by atoms with Crippen LogP contribution in [0.4, 0.5) is 0 Å². The Labute approximate surface area is 116 Å². The molecular weight excluding hydrogens is 260 g/mol. The maximum absolute atomic E-state index is 12.1. The second-order valence-electron chi connectivity index (χ2n) is 5.84. The third kappa shape index (κ3) is 4.28. The predicted molar refractivity (Wildman–Crippen MR) is 77.8 cm³/mol. The van der Waals surface area contributed by atoms with E-state index < -0.39 is 10.0 Å². The zero-order valence-corrected chi connectivity index (χ0v) is 13.3. The third-order valence-corrected chi connectivity index (χ3v) is 4.53. The number of hydrogen-bond acceptors (Lipinski definition) is 3. The molecule has 0 radical (unpaired) electrons. The van der Waals surface area contributed by atoms with Crippen molar-refractivity contribution in [3.05, 3.63) is 23.5 Å². The number of aromatic nitrogens is 1. The van der Waals surface area contributed by atoms with Crippen molar-refractivity contribution < 1.29 is 8.42 Å². The summed E-state index contributed by atoms with van der Waals surface area (Å²) in [6, 6.07) is 1.86. The smallest absolute Gasteiger partial charge is 0.242 e. The van der Waals surface area contributed by atoms with E-state index in [0.29, 0.717) is 6.54 Å². The summed E-state index contributed by atoms with van der Waals surface area (Å²) in [5.74, 6) is 0. The highest BCUT2D eigenvalue weighted by molar-refractivity contribution is 7.89. The Morgan fingerprint density at radius 2 is 1.95 bits per heavy atom. The van der Waals surface area contributed by atoms with Crippen molar-refractivity contribution in [1.29, 1.82) is 0 Å². The zero-order chi connectivity index (χ0) is 14.7. The number of rotatable bonds is 5. The van der Waals surface area contributed by atoms with E-state index in [1.165, 1.54) is 6.20 Å². The molecule has 1 aromatic rings. The number of hydrogen-bond donors (Lipinski definition) is 1. The van der Waals surface area contributed by atoms with Crippen LogP contribution in [-0.2, 0) is 15.4 Å². The van der Waals surface area contributed by atoms with Gasteiger partial charge in [-0.05, 0) is 25.0 Å². The number of nitrogens with one attached hydrogen (secondary N) is 1. The van der Waals surface area contributed by atoms with Crippen molar-refractivity contribution >= 4 is 10.0 Å². The van der Waals surface area contributed by atoms with Gasteiger partial charge in [-0.2, -0.15) is 0 Å². The van der Waals surface area contributed by atoms with Gasteiger partial charge < -0.3 is 0 Å². The quantitative estimate of drug-likeness (QED) is 0.846. The Balaban J connectivity index is 3.03. The van der Waals surface area contributed by atoms with Gasteiger partial charge in [-0.3, -0.25) is 4.98 Å². The summed E-state index contributed by atoms with van der Waals surface area (Å²) in [4.78, 5) is 4.56. The van der Waals surface area contributed by atoms with Gasteiger partial charge in [0.15, 0.2) is 0 Å². The Kier molecular flexibility index (Phi) is 5.10. The fourth-order valence-electron chi connectivity index (χ4n) is 1.70. The summed E-state index contributed by atoms with van der Waals surface area (Å²) >= 11 is 0. The van der Waals surface area contributed by atoms with E-state index in [0.717, 1.165) is 24.1 Å². The fraction of sp³-hybridized carbons (Fsp3) is 0.643. The van der Waals surface area contributed by atoms with E-state index in [-0.39, 0.29) is 10.3 Å². The summed E-state index contributed by atoms with van der Waals surface area (Å²) < 4.78 is 26.9. The first kappa shape index (κ1) is 16.1. The molecule has 0 saturated carbocycles. The topological polar surface area (TPSA) is 59.1 Å². The van der Waals surface area contributed by atoms with Crippen molar-refractivity contribution in [3.8, 4) is 0 Å². The van der Waals surface area contributed by atoms with Gasteiger partial charge in [0.1, 0.15) is 4.90 Å². The number of sulfonamides is 1. The standard InChI is InChI=1S/C14H24N2O2S/c1-6-7-8-16-19(17,18)12-10-15-13(9-11(12)2)14(3,4)5/h9-10,16H,6-8H2,1-5H3. The molecule has 108 valence electrons. The summed E-state index contributed by atoms with van der Waals surface area (Å²) in [5, 5.41) is 0. The van der Waals surface area contributed by atoms with E-state index in [4.69, 9.17) is 0 Å². The van der Waals surface area contributed by atoms with Crippen LogP contribution in [0, 0.1) is 6.92 Å². The van der Waals surface area contributed by atoms with Crippen LogP contribution in [0.15, 0.2) is 17.2 Å². The zero-order valence-electron chi connectivity index (χ0n) is 12.4. The molecule has 0 aliphatic heterocycles. The van der Waals surface area contributed by atoms with Gasteiger partial charge in [0.05, 0.1) is 0 Å². The van der Waals surface area contributed by atoms with Crippen LogP contribution in [0.1, 0.15) is 51.8 Å². The lowest BCUT2D eigenvalue weighted by Crippen LogP contribution is -2.26. The van der Waals surface area contributed by atoms with E-state index in [2.05, 4.69) is 30.5 Å². The Morgan fingerprint density at radius 3 is 2.42 bits per heavy atom. The normalized spacial score (nSPS) is 12.7. The largest absolute Gasteiger partial charge is 0.259 e. The van der Waals surface area contributed by atoms with Crippen molar-refractivity contribution in [2.75, 3.05) is 6.54 Å². The molecule has 0 aliphatic carbocycles. The summed E-state index contributed by atoms with van der Waals surface area (Å²) in [7, 11) is -3.44. The van der Waals surface area contributed by atoms with Crippen molar-refractivity contribution in [3.63, 3.8) is 0 Å². The molecular formula is C14H24N2O2S. The maximum atomic E-state index is 12.1. The molecule has 0 amide bonds. The molecule has 0 bridgehead atoms. The molecule has 1 aromatic heterocycles. The average molecular weight is 284 g/mol. The number of pyridine rings is 1. The van der Waals surface area contributed by atoms with E-state index in [9.17, 15) is 8.42 Å². The van der Waals surface area contributed by atoms with E-state index in [1.807, 2.05) is 19.9 Å². The van der Waals surface area contributed by atoms with E-state index in [1.54, 1.807) is 0 Å².